The fourth-order valence-electron chi connectivity index (χ4n) is 3.93. The van der Waals surface area contributed by atoms with Crippen molar-refractivity contribution in [3.05, 3.63) is 100 Å². The molecular weight excluding hydrogens is 520 g/mol. The number of carboxylic acid groups (broad SMARTS) is 1. The van der Waals surface area contributed by atoms with E-state index in [9.17, 15) is 19.7 Å². The first-order chi connectivity index (χ1) is 19.4. The van der Waals surface area contributed by atoms with Gasteiger partial charge in [-0.1, -0.05) is 42.5 Å². The Morgan fingerprint density at radius 2 is 1.55 bits per heavy atom. The highest BCUT2D eigenvalue weighted by molar-refractivity contribution is 5.64. The van der Waals surface area contributed by atoms with Crippen molar-refractivity contribution in [3.8, 4) is 11.5 Å². The summed E-state index contributed by atoms with van der Waals surface area (Å²) in [5.41, 5.74) is 2.27. The maximum Gasteiger partial charge on any atom is 0.513 e. The van der Waals surface area contributed by atoms with Crippen molar-refractivity contribution in [3.63, 3.8) is 0 Å². The average Bonchev–Trinajstić information content (AvgIpc) is 2.95. The van der Waals surface area contributed by atoms with Crippen LogP contribution in [0.1, 0.15) is 29.9 Å². The number of nitrogens with zero attached hydrogens (tertiary/aromatic N) is 1. The molecule has 0 aliphatic heterocycles. The quantitative estimate of drug-likeness (QED) is 0.0764. The third kappa shape index (κ3) is 11.0. The number of carbonyl (C=O) groups excluding carboxylic acids is 1. The fourth-order valence-corrected chi connectivity index (χ4v) is 3.93. The van der Waals surface area contributed by atoms with E-state index < -0.39 is 17.2 Å². The van der Waals surface area contributed by atoms with E-state index in [0.717, 1.165) is 24.8 Å². The number of hydrogen-bond acceptors (Lipinski definition) is 8. The SMILES string of the molecule is O=C(O)NCCCC(Cc1ccccc1)c1ccc(OCCOCCOC(=O)Oc2ccc([N+](=O)[O-])cc2)cc1. The van der Waals surface area contributed by atoms with Crippen LogP contribution in [0.2, 0.25) is 0 Å². The summed E-state index contributed by atoms with van der Waals surface area (Å²) in [6.07, 6.45) is 0.480. The second-order valence-corrected chi connectivity index (χ2v) is 8.74. The molecule has 0 bridgehead atoms. The predicted octanol–water partition coefficient (Wildman–Crippen LogP) is 5.58. The molecule has 1 amide bonds. The van der Waals surface area contributed by atoms with Crippen LogP contribution in [-0.4, -0.2) is 55.3 Å². The molecule has 0 aliphatic rings. The normalized spacial score (nSPS) is 11.3. The number of nitro benzene ring substituents is 1. The molecule has 3 rings (SSSR count). The van der Waals surface area contributed by atoms with Gasteiger partial charge < -0.3 is 29.4 Å². The van der Waals surface area contributed by atoms with E-state index >= 15 is 0 Å². The van der Waals surface area contributed by atoms with E-state index in [2.05, 4.69) is 17.4 Å². The van der Waals surface area contributed by atoms with Crippen molar-refractivity contribution >= 4 is 17.9 Å². The van der Waals surface area contributed by atoms with Gasteiger partial charge in [-0.25, -0.2) is 9.59 Å². The molecule has 0 saturated carbocycles. The molecule has 212 valence electrons. The summed E-state index contributed by atoms with van der Waals surface area (Å²) in [6.45, 7) is 1.13. The van der Waals surface area contributed by atoms with E-state index in [0.29, 0.717) is 18.9 Å². The zero-order chi connectivity index (χ0) is 28.6. The molecule has 40 heavy (non-hydrogen) atoms. The summed E-state index contributed by atoms with van der Waals surface area (Å²) in [4.78, 5) is 32.5. The van der Waals surface area contributed by atoms with Gasteiger partial charge >= 0.3 is 12.2 Å². The molecule has 2 N–H and O–H groups in total. The second-order valence-electron chi connectivity index (χ2n) is 8.74. The summed E-state index contributed by atoms with van der Waals surface area (Å²) in [5.74, 6) is 1.07. The summed E-state index contributed by atoms with van der Waals surface area (Å²) < 4.78 is 21.0. The van der Waals surface area contributed by atoms with Gasteiger partial charge in [0.05, 0.1) is 18.1 Å². The highest BCUT2D eigenvalue weighted by Crippen LogP contribution is 2.27. The monoisotopic (exact) mass is 552 g/mol. The van der Waals surface area contributed by atoms with Gasteiger partial charge in [0.25, 0.3) is 5.69 Å². The molecule has 0 fully saturated rings. The van der Waals surface area contributed by atoms with E-state index in [1.54, 1.807) is 0 Å². The van der Waals surface area contributed by atoms with Crippen molar-refractivity contribution in [2.45, 2.75) is 25.2 Å². The Morgan fingerprint density at radius 3 is 2.23 bits per heavy atom. The zero-order valence-corrected chi connectivity index (χ0v) is 21.9. The van der Waals surface area contributed by atoms with Crippen LogP contribution in [0.25, 0.3) is 0 Å². The number of carbonyl (C=O) groups is 2. The summed E-state index contributed by atoms with van der Waals surface area (Å²) >= 11 is 0. The number of hydrogen-bond donors (Lipinski definition) is 2. The van der Waals surface area contributed by atoms with Gasteiger partial charge in [-0.2, -0.15) is 0 Å². The van der Waals surface area contributed by atoms with Crippen LogP contribution >= 0.6 is 0 Å². The van der Waals surface area contributed by atoms with Gasteiger partial charge in [0.1, 0.15) is 24.7 Å². The fraction of sp³-hybridized carbons (Fsp3) is 0.310. The van der Waals surface area contributed by atoms with Gasteiger partial charge in [0, 0.05) is 18.7 Å². The maximum atomic E-state index is 11.7. The molecule has 0 saturated heterocycles. The van der Waals surface area contributed by atoms with Crippen molar-refractivity contribution in [1.82, 2.24) is 5.32 Å². The van der Waals surface area contributed by atoms with Gasteiger partial charge in [0.2, 0.25) is 0 Å². The molecular formula is C29H32N2O9. The summed E-state index contributed by atoms with van der Waals surface area (Å²) in [7, 11) is 0. The lowest BCUT2D eigenvalue weighted by Gasteiger charge is -2.18. The Morgan fingerprint density at radius 1 is 0.875 bits per heavy atom. The first kappa shape index (κ1) is 29.9. The van der Waals surface area contributed by atoms with Crippen molar-refractivity contribution < 1.29 is 38.6 Å². The van der Waals surface area contributed by atoms with E-state index in [1.807, 2.05) is 42.5 Å². The standard InChI is InChI=1S/C29H32N2O9/c32-28(33)30-16-4-7-24(21-22-5-2-1-3-6-22)23-8-12-26(13-9-23)38-19-17-37-18-20-39-29(34)40-27-14-10-25(11-15-27)31(35)36/h1-3,5-6,8-15,24,30H,4,7,16-21H2,(H,32,33). The lowest BCUT2D eigenvalue weighted by Crippen LogP contribution is -2.22. The van der Waals surface area contributed by atoms with Crippen molar-refractivity contribution in [1.29, 1.82) is 0 Å². The van der Waals surface area contributed by atoms with E-state index in [-0.39, 0.29) is 37.2 Å². The smallest absolute Gasteiger partial charge is 0.491 e. The van der Waals surface area contributed by atoms with Crippen LogP contribution in [-0.2, 0) is 15.9 Å². The highest BCUT2D eigenvalue weighted by Gasteiger charge is 2.13. The summed E-state index contributed by atoms with van der Waals surface area (Å²) in [5, 5.41) is 21.9. The molecule has 11 heteroatoms. The molecule has 0 spiro atoms. The number of ether oxygens (including phenoxy) is 4. The third-order valence-corrected chi connectivity index (χ3v) is 5.87. The Labute approximate surface area is 231 Å². The van der Waals surface area contributed by atoms with Gasteiger partial charge in [0.15, 0.2) is 0 Å². The Kier molecular flexibility index (Phi) is 12.2. The van der Waals surface area contributed by atoms with Gasteiger partial charge in [-0.15, -0.1) is 0 Å². The molecule has 3 aromatic rings. The third-order valence-electron chi connectivity index (χ3n) is 5.87. The number of nitrogens with one attached hydrogen (secondary N) is 1. The molecule has 11 nitrogen and oxygen atoms in total. The maximum absolute atomic E-state index is 11.7. The summed E-state index contributed by atoms with van der Waals surface area (Å²) in [6, 6.07) is 23.1. The van der Waals surface area contributed by atoms with E-state index in [1.165, 1.54) is 29.8 Å². The van der Waals surface area contributed by atoms with Crippen LogP contribution < -0.4 is 14.8 Å². The Balaban J connectivity index is 1.34. The van der Waals surface area contributed by atoms with Crippen molar-refractivity contribution in [2.75, 3.05) is 33.0 Å². The van der Waals surface area contributed by atoms with Crippen LogP contribution in [0.15, 0.2) is 78.9 Å². The van der Waals surface area contributed by atoms with Gasteiger partial charge in [-0.05, 0) is 60.6 Å². The molecule has 0 heterocycles. The highest BCUT2D eigenvalue weighted by atomic mass is 16.7. The van der Waals surface area contributed by atoms with E-state index in [4.69, 9.17) is 24.1 Å². The molecule has 0 radical (unpaired) electrons. The Hall–Kier alpha value is -4.64. The molecule has 1 unspecified atom stereocenters. The second kappa shape index (κ2) is 16.4. The van der Waals surface area contributed by atoms with Crippen LogP contribution in [0, 0.1) is 10.1 Å². The average molecular weight is 553 g/mol. The van der Waals surface area contributed by atoms with Crippen LogP contribution in [0.3, 0.4) is 0 Å². The number of non-ortho nitro benzene ring substituents is 1. The number of benzene rings is 3. The minimum Gasteiger partial charge on any atom is -0.491 e. The largest absolute Gasteiger partial charge is 0.513 e. The molecule has 0 aliphatic carbocycles. The molecule has 0 aromatic heterocycles. The van der Waals surface area contributed by atoms with Crippen molar-refractivity contribution in [2.24, 2.45) is 0 Å². The molecule has 1 atom stereocenters. The number of rotatable bonds is 16. The van der Waals surface area contributed by atoms with Crippen LogP contribution in [0.4, 0.5) is 15.3 Å². The number of amides is 1. The van der Waals surface area contributed by atoms with Crippen LogP contribution in [0.5, 0.6) is 11.5 Å². The Bertz CT molecular complexity index is 1200. The minimum atomic E-state index is -1.01. The molecule has 3 aromatic carbocycles. The van der Waals surface area contributed by atoms with Gasteiger partial charge in [-0.3, -0.25) is 10.1 Å². The number of nitro groups is 1. The lowest BCUT2D eigenvalue weighted by molar-refractivity contribution is -0.384. The first-order valence-electron chi connectivity index (χ1n) is 12.8. The zero-order valence-electron chi connectivity index (χ0n) is 21.9. The predicted molar refractivity (Wildman–Crippen MR) is 146 cm³/mol. The first-order valence-corrected chi connectivity index (χ1v) is 12.8. The lowest BCUT2D eigenvalue weighted by atomic mass is 9.88. The minimum absolute atomic E-state index is 0.0225. The topological polar surface area (TPSA) is 146 Å².